The number of carboxylic acid groups (broad SMARTS) is 1. The van der Waals surface area contributed by atoms with Crippen LogP contribution in [0.2, 0.25) is 10.0 Å². The molecule has 0 saturated carbocycles. The fourth-order valence-corrected chi connectivity index (χ4v) is 4.13. The van der Waals surface area contributed by atoms with Gasteiger partial charge in [0, 0.05) is 30.0 Å². The molecule has 28 heavy (non-hydrogen) atoms. The van der Waals surface area contributed by atoms with Gasteiger partial charge in [-0.3, -0.25) is 14.7 Å². The maximum Gasteiger partial charge on any atom is 0.307 e. The lowest BCUT2D eigenvalue weighted by atomic mass is 9.90. The molecule has 4 nitrogen and oxygen atoms in total. The maximum absolute atomic E-state index is 11.2. The summed E-state index contributed by atoms with van der Waals surface area (Å²) < 4.78 is 0. The standard InChI is InChI=1S/C22H26Cl2N2O2/c1-3-15(16-4-5-20(23)14(2)8-16)9-19-10-18(21(24)11-25-19)13-26-7-6-17(12-26)22(27)28/h4-5,8,10-11,15,17H,3,6-7,9,12-13H2,1-2H3,(H,27,28)/t15-,17+/m0/s1. The van der Waals surface area contributed by atoms with Gasteiger partial charge in [0.2, 0.25) is 0 Å². The Morgan fingerprint density at radius 2 is 2.11 bits per heavy atom. The van der Waals surface area contributed by atoms with Crippen LogP contribution < -0.4 is 0 Å². The van der Waals surface area contributed by atoms with E-state index in [0.717, 1.165) is 41.2 Å². The summed E-state index contributed by atoms with van der Waals surface area (Å²) in [5, 5.41) is 10.6. The van der Waals surface area contributed by atoms with E-state index in [1.54, 1.807) is 6.20 Å². The lowest BCUT2D eigenvalue weighted by Gasteiger charge is -2.19. The smallest absolute Gasteiger partial charge is 0.307 e. The highest BCUT2D eigenvalue weighted by atomic mass is 35.5. The zero-order valence-electron chi connectivity index (χ0n) is 16.3. The number of aliphatic carboxylic acids is 1. The third-order valence-electron chi connectivity index (χ3n) is 5.61. The Bertz CT molecular complexity index is 856. The van der Waals surface area contributed by atoms with Gasteiger partial charge in [-0.05, 0) is 67.5 Å². The van der Waals surface area contributed by atoms with Gasteiger partial charge in [0.15, 0.2) is 0 Å². The molecule has 2 heterocycles. The molecule has 0 radical (unpaired) electrons. The van der Waals surface area contributed by atoms with Gasteiger partial charge in [0.05, 0.1) is 10.9 Å². The zero-order valence-corrected chi connectivity index (χ0v) is 17.8. The normalized spacial score (nSPS) is 18.4. The number of nitrogens with zero attached hydrogens (tertiary/aromatic N) is 2. The number of halogens is 2. The van der Waals surface area contributed by atoms with Gasteiger partial charge in [0.1, 0.15) is 0 Å². The van der Waals surface area contributed by atoms with Crippen LogP contribution in [0.3, 0.4) is 0 Å². The summed E-state index contributed by atoms with van der Waals surface area (Å²) >= 11 is 12.5. The first-order valence-electron chi connectivity index (χ1n) is 9.71. The molecule has 6 heteroatoms. The van der Waals surface area contributed by atoms with E-state index in [-0.39, 0.29) is 5.92 Å². The molecular formula is C22H26Cl2N2O2. The van der Waals surface area contributed by atoms with Crippen molar-refractivity contribution in [3.63, 3.8) is 0 Å². The second-order valence-electron chi connectivity index (χ2n) is 7.64. The average Bonchev–Trinajstić information content (AvgIpc) is 3.13. The second-order valence-corrected chi connectivity index (χ2v) is 8.46. The van der Waals surface area contributed by atoms with Crippen LogP contribution in [0.4, 0.5) is 0 Å². The van der Waals surface area contributed by atoms with Crippen molar-refractivity contribution in [2.75, 3.05) is 13.1 Å². The molecule has 3 rings (SSSR count). The third-order valence-corrected chi connectivity index (χ3v) is 6.37. The zero-order chi connectivity index (χ0) is 20.3. The van der Waals surface area contributed by atoms with Gasteiger partial charge >= 0.3 is 5.97 Å². The maximum atomic E-state index is 11.2. The van der Waals surface area contributed by atoms with Gasteiger partial charge in [0.25, 0.3) is 0 Å². The Morgan fingerprint density at radius 3 is 2.75 bits per heavy atom. The number of carbonyl (C=O) groups is 1. The van der Waals surface area contributed by atoms with Crippen molar-refractivity contribution in [3.8, 4) is 0 Å². The van der Waals surface area contributed by atoms with Gasteiger partial charge < -0.3 is 5.11 Å². The van der Waals surface area contributed by atoms with Crippen molar-refractivity contribution in [2.45, 2.75) is 45.6 Å². The summed E-state index contributed by atoms with van der Waals surface area (Å²) in [6, 6.07) is 8.28. The SMILES string of the molecule is CC[C@@H](Cc1cc(CN2CC[C@@H](C(=O)O)C2)c(Cl)cn1)c1ccc(Cl)c(C)c1. The Labute approximate surface area is 176 Å². The van der Waals surface area contributed by atoms with Crippen molar-refractivity contribution in [1.29, 1.82) is 0 Å². The lowest BCUT2D eigenvalue weighted by Crippen LogP contribution is -2.23. The molecule has 1 aromatic carbocycles. The third kappa shape index (κ3) is 5.05. The van der Waals surface area contributed by atoms with Gasteiger partial charge in [-0.15, -0.1) is 0 Å². The summed E-state index contributed by atoms with van der Waals surface area (Å²) in [6.45, 7) is 6.23. The molecule has 2 atom stereocenters. The predicted molar refractivity (Wildman–Crippen MR) is 113 cm³/mol. The van der Waals surface area contributed by atoms with Crippen LogP contribution in [0.25, 0.3) is 0 Å². The van der Waals surface area contributed by atoms with Crippen LogP contribution in [-0.2, 0) is 17.8 Å². The Hall–Kier alpha value is -1.62. The highest BCUT2D eigenvalue weighted by Gasteiger charge is 2.28. The molecular weight excluding hydrogens is 395 g/mol. The minimum absolute atomic E-state index is 0.280. The van der Waals surface area contributed by atoms with Crippen LogP contribution in [0.1, 0.15) is 48.1 Å². The summed E-state index contributed by atoms with van der Waals surface area (Å²) in [5.41, 5.74) is 4.38. The number of likely N-dealkylation sites (tertiary alicyclic amines) is 1. The van der Waals surface area contributed by atoms with Crippen molar-refractivity contribution in [2.24, 2.45) is 5.92 Å². The first-order valence-corrected chi connectivity index (χ1v) is 10.5. The summed E-state index contributed by atoms with van der Waals surface area (Å²) in [6.07, 6.45) is 4.25. The van der Waals surface area contributed by atoms with Crippen LogP contribution in [0, 0.1) is 12.8 Å². The number of aromatic nitrogens is 1. The Morgan fingerprint density at radius 1 is 1.32 bits per heavy atom. The number of benzene rings is 1. The Balaban J connectivity index is 1.73. The molecule has 0 bridgehead atoms. The van der Waals surface area contributed by atoms with Gasteiger partial charge in [-0.25, -0.2) is 0 Å². The fourth-order valence-electron chi connectivity index (χ4n) is 3.85. The van der Waals surface area contributed by atoms with Crippen molar-refractivity contribution in [3.05, 3.63) is 62.9 Å². The van der Waals surface area contributed by atoms with Crippen LogP contribution in [0.5, 0.6) is 0 Å². The molecule has 1 aliphatic rings. The van der Waals surface area contributed by atoms with E-state index in [0.29, 0.717) is 30.5 Å². The molecule has 2 aromatic rings. The average molecular weight is 421 g/mol. The van der Waals surface area contributed by atoms with Crippen LogP contribution in [0.15, 0.2) is 30.5 Å². The van der Waals surface area contributed by atoms with Crippen molar-refractivity contribution in [1.82, 2.24) is 9.88 Å². The van der Waals surface area contributed by atoms with E-state index >= 15 is 0 Å². The number of rotatable bonds is 7. The number of carboxylic acids is 1. The number of hydrogen-bond donors (Lipinski definition) is 1. The van der Waals surface area contributed by atoms with Gasteiger partial charge in [-0.1, -0.05) is 42.3 Å². The highest BCUT2D eigenvalue weighted by Crippen LogP contribution is 2.29. The van der Waals surface area contributed by atoms with E-state index < -0.39 is 5.97 Å². The molecule has 1 saturated heterocycles. The van der Waals surface area contributed by atoms with E-state index in [1.165, 1.54) is 5.56 Å². The van der Waals surface area contributed by atoms with E-state index in [1.807, 2.05) is 13.0 Å². The molecule has 0 unspecified atom stereocenters. The molecule has 1 N–H and O–H groups in total. The van der Waals surface area contributed by atoms with Crippen LogP contribution in [-0.4, -0.2) is 34.0 Å². The number of pyridine rings is 1. The predicted octanol–water partition coefficient (Wildman–Crippen LogP) is 5.34. The quantitative estimate of drug-likeness (QED) is 0.656. The molecule has 150 valence electrons. The monoisotopic (exact) mass is 420 g/mol. The lowest BCUT2D eigenvalue weighted by molar-refractivity contribution is -0.141. The number of hydrogen-bond acceptors (Lipinski definition) is 3. The largest absolute Gasteiger partial charge is 0.481 e. The fraction of sp³-hybridized carbons (Fsp3) is 0.455. The minimum Gasteiger partial charge on any atom is -0.481 e. The molecule has 0 aliphatic carbocycles. The van der Waals surface area contributed by atoms with Crippen LogP contribution >= 0.6 is 23.2 Å². The van der Waals surface area contributed by atoms with E-state index in [4.69, 9.17) is 23.2 Å². The molecule has 1 aromatic heterocycles. The molecule has 1 aliphatic heterocycles. The first kappa shape index (κ1) is 21.1. The Kier molecular flexibility index (Phi) is 6.97. The van der Waals surface area contributed by atoms with E-state index in [2.05, 4.69) is 35.0 Å². The summed E-state index contributed by atoms with van der Waals surface area (Å²) in [7, 11) is 0. The topological polar surface area (TPSA) is 53.4 Å². The summed E-state index contributed by atoms with van der Waals surface area (Å²) in [4.78, 5) is 17.9. The van der Waals surface area contributed by atoms with Gasteiger partial charge in [-0.2, -0.15) is 0 Å². The highest BCUT2D eigenvalue weighted by molar-refractivity contribution is 6.31. The first-order chi connectivity index (χ1) is 13.4. The van der Waals surface area contributed by atoms with Crippen molar-refractivity contribution >= 4 is 29.2 Å². The summed E-state index contributed by atoms with van der Waals surface area (Å²) in [5.74, 6) is -0.633. The number of aryl methyl sites for hydroxylation is 1. The molecule has 1 fully saturated rings. The molecule has 0 amide bonds. The van der Waals surface area contributed by atoms with Crippen molar-refractivity contribution < 1.29 is 9.90 Å². The second kappa shape index (κ2) is 9.25. The molecule has 0 spiro atoms. The van der Waals surface area contributed by atoms with E-state index in [9.17, 15) is 9.90 Å². The minimum atomic E-state index is -0.715.